The Morgan fingerprint density at radius 2 is 1.53 bits per heavy atom. The highest BCUT2D eigenvalue weighted by molar-refractivity contribution is 5.74. The average Bonchev–Trinajstić information content (AvgIpc) is 2.75. The Balaban J connectivity index is 1.72. The monoisotopic (exact) mass is 484 g/mol. The van der Waals surface area contributed by atoms with Crippen molar-refractivity contribution in [3.05, 3.63) is 93.8 Å². The second-order valence-corrected chi connectivity index (χ2v) is 7.78. The van der Waals surface area contributed by atoms with Gasteiger partial charge in [-0.15, -0.1) is 13.2 Å². The lowest BCUT2D eigenvalue weighted by Gasteiger charge is -2.21. The molecule has 0 saturated carbocycles. The first-order valence-electron chi connectivity index (χ1n) is 10.2. The van der Waals surface area contributed by atoms with Crippen LogP contribution in [-0.2, 0) is 19.3 Å². The van der Waals surface area contributed by atoms with E-state index in [2.05, 4.69) is 4.74 Å². The Kier molecular flexibility index (Phi) is 6.14. The molecule has 0 aromatic heterocycles. The van der Waals surface area contributed by atoms with E-state index in [4.69, 9.17) is 0 Å². The van der Waals surface area contributed by atoms with Gasteiger partial charge in [0.2, 0.25) is 5.75 Å². The predicted molar refractivity (Wildman–Crippen MR) is 110 cm³/mol. The third-order valence-electron chi connectivity index (χ3n) is 5.64. The molecule has 0 atom stereocenters. The summed E-state index contributed by atoms with van der Waals surface area (Å²) in [5, 5.41) is 0. The van der Waals surface area contributed by atoms with Crippen LogP contribution >= 0.6 is 0 Å². The van der Waals surface area contributed by atoms with Crippen LogP contribution in [0.3, 0.4) is 0 Å². The topological polar surface area (TPSA) is 9.23 Å². The van der Waals surface area contributed by atoms with Crippen molar-refractivity contribution in [2.75, 3.05) is 0 Å². The SMILES string of the molecule is CCc1ccc(C2=CCc3c(cc(F)c(-c4cc(F)c(OC(F)(F)F)c(F)c4)c3F)C2)c(F)c1. The first-order valence-corrected chi connectivity index (χ1v) is 10.2. The summed E-state index contributed by atoms with van der Waals surface area (Å²) in [7, 11) is 0. The minimum atomic E-state index is -5.36. The van der Waals surface area contributed by atoms with Gasteiger partial charge in [-0.05, 0) is 71.4 Å². The van der Waals surface area contributed by atoms with Gasteiger partial charge < -0.3 is 4.74 Å². The Morgan fingerprint density at radius 3 is 2.12 bits per heavy atom. The molecule has 0 fully saturated rings. The first kappa shape index (κ1) is 23.8. The van der Waals surface area contributed by atoms with Crippen molar-refractivity contribution in [3.63, 3.8) is 0 Å². The molecule has 3 aromatic carbocycles. The molecule has 3 aromatic rings. The number of benzene rings is 3. The second-order valence-electron chi connectivity index (χ2n) is 7.78. The smallest absolute Gasteiger partial charge is 0.399 e. The van der Waals surface area contributed by atoms with Gasteiger partial charge in [0.05, 0.1) is 5.56 Å². The lowest BCUT2D eigenvalue weighted by molar-refractivity contribution is -0.276. The minimum Gasteiger partial charge on any atom is -0.399 e. The highest BCUT2D eigenvalue weighted by Crippen LogP contribution is 2.39. The molecule has 4 rings (SSSR count). The molecule has 0 bridgehead atoms. The molecule has 0 amide bonds. The van der Waals surface area contributed by atoms with Crippen LogP contribution in [0.1, 0.15) is 29.2 Å². The van der Waals surface area contributed by atoms with Crippen molar-refractivity contribution in [1.82, 2.24) is 0 Å². The zero-order valence-electron chi connectivity index (χ0n) is 17.6. The normalized spacial score (nSPS) is 13.5. The number of ether oxygens (including phenoxy) is 1. The molecule has 0 saturated heterocycles. The largest absolute Gasteiger partial charge is 0.573 e. The lowest BCUT2D eigenvalue weighted by atomic mass is 9.85. The molecule has 0 aliphatic heterocycles. The summed E-state index contributed by atoms with van der Waals surface area (Å²) in [5.74, 6) is -7.98. The summed E-state index contributed by atoms with van der Waals surface area (Å²) in [6.07, 6.45) is -3.15. The Morgan fingerprint density at radius 1 is 0.853 bits per heavy atom. The van der Waals surface area contributed by atoms with Crippen LogP contribution < -0.4 is 4.74 Å². The molecule has 1 aliphatic rings. The van der Waals surface area contributed by atoms with Crippen LogP contribution in [0.5, 0.6) is 5.75 Å². The van der Waals surface area contributed by atoms with Crippen LogP contribution in [0.4, 0.5) is 35.1 Å². The Hall–Kier alpha value is -3.36. The van der Waals surface area contributed by atoms with Crippen LogP contribution in [-0.4, -0.2) is 6.36 Å². The molecule has 0 radical (unpaired) electrons. The number of halogens is 8. The number of hydrogen-bond acceptors (Lipinski definition) is 1. The van der Waals surface area contributed by atoms with Gasteiger partial charge in [-0.1, -0.05) is 25.1 Å². The fraction of sp³-hybridized carbons (Fsp3) is 0.200. The van der Waals surface area contributed by atoms with E-state index >= 15 is 4.39 Å². The maximum atomic E-state index is 15.2. The van der Waals surface area contributed by atoms with E-state index in [1.54, 1.807) is 18.2 Å². The summed E-state index contributed by atoms with van der Waals surface area (Å²) < 4.78 is 113. The fourth-order valence-corrected chi connectivity index (χ4v) is 4.02. The van der Waals surface area contributed by atoms with Crippen molar-refractivity contribution >= 4 is 5.57 Å². The zero-order chi connectivity index (χ0) is 24.8. The molecule has 1 aliphatic carbocycles. The number of fused-ring (bicyclic) bond motifs is 1. The fourth-order valence-electron chi connectivity index (χ4n) is 4.02. The molecule has 0 heterocycles. The molecule has 0 N–H and O–H groups in total. The van der Waals surface area contributed by atoms with E-state index in [-0.39, 0.29) is 24.0 Å². The van der Waals surface area contributed by atoms with Gasteiger partial charge in [0, 0.05) is 5.56 Å². The number of alkyl halides is 3. The third-order valence-corrected chi connectivity index (χ3v) is 5.64. The van der Waals surface area contributed by atoms with Crippen LogP contribution in [0.15, 0.2) is 42.5 Å². The predicted octanol–water partition coefficient (Wildman–Crippen LogP) is 7.69. The highest BCUT2D eigenvalue weighted by Gasteiger charge is 2.34. The summed E-state index contributed by atoms with van der Waals surface area (Å²) in [5.41, 5.74) is 0.493. The number of rotatable bonds is 4. The summed E-state index contributed by atoms with van der Waals surface area (Å²) in [6, 6.07) is 6.47. The van der Waals surface area contributed by atoms with Crippen molar-refractivity contribution in [3.8, 4) is 16.9 Å². The molecular formula is C25H16F8O. The molecule has 9 heteroatoms. The standard InChI is InChI=1S/C25H16F8O/c1-2-12-3-5-16(18(26)7-12)13-4-6-17-14(8-13)9-19(27)22(23(17)30)15-10-20(28)24(21(29)11-15)34-25(31,32)33/h3-5,7,9-11H,2,6,8H2,1H3. The lowest BCUT2D eigenvalue weighted by Crippen LogP contribution is -2.19. The minimum absolute atomic E-state index is 0.0208. The quantitative estimate of drug-likeness (QED) is 0.345. The van der Waals surface area contributed by atoms with E-state index in [0.717, 1.165) is 11.6 Å². The molecule has 1 nitrogen and oxygen atoms in total. The van der Waals surface area contributed by atoms with Crippen LogP contribution in [0, 0.1) is 29.1 Å². The van der Waals surface area contributed by atoms with E-state index in [1.807, 2.05) is 6.92 Å². The molecule has 178 valence electrons. The zero-order valence-corrected chi connectivity index (χ0v) is 17.6. The van der Waals surface area contributed by atoms with Gasteiger partial charge in [0.15, 0.2) is 11.6 Å². The summed E-state index contributed by atoms with van der Waals surface area (Å²) >= 11 is 0. The second kappa shape index (κ2) is 8.77. The maximum absolute atomic E-state index is 15.2. The van der Waals surface area contributed by atoms with Gasteiger partial charge in [0.25, 0.3) is 0 Å². The molecule has 34 heavy (non-hydrogen) atoms. The van der Waals surface area contributed by atoms with Gasteiger partial charge in [-0.2, -0.15) is 0 Å². The Bertz CT molecular complexity index is 1280. The Labute approximate surface area is 189 Å². The maximum Gasteiger partial charge on any atom is 0.573 e. The van der Waals surface area contributed by atoms with Crippen molar-refractivity contribution in [2.45, 2.75) is 32.5 Å². The van der Waals surface area contributed by atoms with Crippen molar-refractivity contribution in [2.24, 2.45) is 0 Å². The first-order chi connectivity index (χ1) is 16.0. The molecule has 0 unspecified atom stereocenters. The van der Waals surface area contributed by atoms with E-state index in [9.17, 15) is 30.7 Å². The van der Waals surface area contributed by atoms with Crippen LogP contribution in [0.25, 0.3) is 16.7 Å². The van der Waals surface area contributed by atoms with Gasteiger partial charge in [0.1, 0.15) is 17.5 Å². The summed E-state index contributed by atoms with van der Waals surface area (Å²) in [4.78, 5) is 0. The van der Waals surface area contributed by atoms with Gasteiger partial charge in [-0.25, -0.2) is 22.0 Å². The third kappa shape index (κ3) is 4.51. The number of aryl methyl sites for hydroxylation is 1. The molecule has 0 spiro atoms. The van der Waals surface area contributed by atoms with Crippen molar-refractivity contribution in [1.29, 1.82) is 0 Å². The number of allylic oxidation sites excluding steroid dienone is 2. The van der Waals surface area contributed by atoms with E-state index < -0.39 is 52.3 Å². The average molecular weight is 484 g/mol. The van der Waals surface area contributed by atoms with E-state index in [0.29, 0.717) is 29.7 Å². The van der Waals surface area contributed by atoms with E-state index in [1.165, 1.54) is 6.07 Å². The molecular weight excluding hydrogens is 468 g/mol. The van der Waals surface area contributed by atoms with Crippen molar-refractivity contribution < 1.29 is 39.9 Å². The number of hydrogen-bond donors (Lipinski definition) is 0. The van der Waals surface area contributed by atoms with Gasteiger partial charge >= 0.3 is 6.36 Å². The van der Waals surface area contributed by atoms with Crippen LogP contribution in [0.2, 0.25) is 0 Å². The highest BCUT2D eigenvalue weighted by atomic mass is 19.4. The van der Waals surface area contributed by atoms with Gasteiger partial charge in [-0.3, -0.25) is 0 Å². The summed E-state index contributed by atoms with van der Waals surface area (Å²) in [6.45, 7) is 1.88.